The highest BCUT2D eigenvalue weighted by Crippen LogP contribution is 2.16. The number of aromatic nitrogens is 1. The second kappa shape index (κ2) is 4.39. The van der Waals surface area contributed by atoms with Crippen molar-refractivity contribution < 1.29 is 0 Å². The lowest BCUT2D eigenvalue weighted by Crippen LogP contribution is -2.20. The second-order valence-corrected chi connectivity index (χ2v) is 4.85. The van der Waals surface area contributed by atoms with E-state index < -0.39 is 0 Å². The number of fused-ring (bicyclic) bond motifs is 1. The quantitative estimate of drug-likeness (QED) is 0.645. The van der Waals surface area contributed by atoms with Crippen LogP contribution in [0.3, 0.4) is 0 Å². The van der Waals surface area contributed by atoms with Crippen LogP contribution in [0.2, 0.25) is 0 Å². The molecule has 0 spiro atoms. The lowest BCUT2D eigenvalue weighted by Gasteiger charge is -2.11. The third-order valence-electron chi connectivity index (χ3n) is 3.37. The van der Waals surface area contributed by atoms with E-state index in [-0.39, 0.29) is 5.56 Å². The SMILES string of the molecule is Cc1ccc2c(=O)n(-c3ccccc3)c(C)cc2c1. The molecule has 0 N–H and O–H groups in total. The molecule has 3 rings (SSSR count). The molecule has 19 heavy (non-hydrogen) atoms. The average Bonchev–Trinajstić information content (AvgIpc) is 2.39. The average molecular weight is 249 g/mol. The molecule has 0 radical (unpaired) electrons. The topological polar surface area (TPSA) is 22.0 Å². The Hall–Kier alpha value is -2.35. The summed E-state index contributed by atoms with van der Waals surface area (Å²) in [5.74, 6) is 0. The summed E-state index contributed by atoms with van der Waals surface area (Å²) in [6.45, 7) is 4.01. The number of benzene rings is 2. The van der Waals surface area contributed by atoms with Gasteiger partial charge in [0.15, 0.2) is 0 Å². The van der Waals surface area contributed by atoms with Gasteiger partial charge < -0.3 is 0 Å². The lowest BCUT2D eigenvalue weighted by molar-refractivity contribution is 0.950. The zero-order valence-electron chi connectivity index (χ0n) is 11.1. The van der Waals surface area contributed by atoms with E-state index in [1.165, 1.54) is 5.56 Å². The van der Waals surface area contributed by atoms with Crippen LogP contribution >= 0.6 is 0 Å². The number of hydrogen-bond acceptors (Lipinski definition) is 1. The maximum atomic E-state index is 12.6. The molecule has 0 aliphatic heterocycles. The van der Waals surface area contributed by atoms with Crippen molar-refractivity contribution in [2.75, 3.05) is 0 Å². The van der Waals surface area contributed by atoms with Crippen molar-refractivity contribution in [2.24, 2.45) is 0 Å². The van der Waals surface area contributed by atoms with Crippen LogP contribution in [0.1, 0.15) is 11.3 Å². The molecule has 0 saturated heterocycles. The molecule has 0 saturated carbocycles. The van der Waals surface area contributed by atoms with Gasteiger partial charge in [0.2, 0.25) is 0 Å². The van der Waals surface area contributed by atoms with E-state index in [0.717, 1.165) is 22.2 Å². The first kappa shape index (κ1) is 11.7. The summed E-state index contributed by atoms with van der Waals surface area (Å²) >= 11 is 0. The highest BCUT2D eigenvalue weighted by atomic mass is 16.1. The minimum atomic E-state index is 0.0428. The molecule has 0 atom stereocenters. The smallest absolute Gasteiger partial charge is 0.263 e. The van der Waals surface area contributed by atoms with Crippen LogP contribution < -0.4 is 5.56 Å². The van der Waals surface area contributed by atoms with Gasteiger partial charge in [-0.2, -0.15) is 0 Å². The summed E-state index contributed by atoms with van der Waals surface area (Å²) < 4.78 is 1.76. The first-order valence-corrected chi connectivity index (χ1v) is 6.35. The Balaban J connectivity index is 2.39. The Labute approximate surface area is 111 Å². The van der Waals surface area contributed by atoms with Gasteiger partial charge in [-0.15, -0.1) is 0 Å². The molecule has 0 aliphatic rings. The van der Waals surface area contributed by atoms with Crippen LogP contribution in [0.25, 0.3) is 16.5 Å². The summed E-state index contributed by atoms with van der Waals surface area (Å²) in [5, 5.41) is 1.77. The highest BCUT2D eigenvalue weighted by molar-refractivity contribution is 5.83. The van der Waals surface area contributed by atoms with Gasteiger partial charge in [-0.1, -0.05) is 35.9 Å². The van der Waals surface area contributed by atoms with Crippen LogP contribution in [-0.4, -0.2) is 4.57 Å². The Morgan fingerprint density at radius 1 is 0.895 bits per heavy atom. The maximum absolute atomic E-state index is 12.6. The zero-order valence-corrected chi connectivity index (χ0v) is 11.1. The van der Waals surface area contributed by atoms with Gasteiger partial charge in [-0.3, -0.25) is 9.36 Å². The van der Waals surface area contributed by atoms with Crippen LogP contribution in [-0.2, 0) is 0 Å². The Kier molecular flexibility index (Phi) is 2.71. The van der Waals surface area contributed by atoms with E-state index in [0.29, 0.717) is 0 Å². The largest absolute Gasteiger partial charge is 0.281 e. The van der Waals surface area contributed by atoms with E-state index in [1.54, 1.807) is 4.57 Å². The van der Waals surface area contributed by atoms with Crippen molar-refractivity contribution in [3.8, 4) is 5.69 Å². The van der Waals surface area contributed by atoms with E-state index in [4.69, 9.17) is 0 Å². The van der Waals surface area contributed by atoms with Crippen LogP contribution in [0.15, 0.2) is 59.4 Å². The highest BCUT2D eigenvalue weighted by Gasteiger charge is 2.07. The van der Waals surface area contributed by atoms with E-state index in [2.05, 4.69) is 12.1 Å². The van der Waals surface area contributed by atoms with Crippen molar-refractivity contribution in [3.63, 3.8) is 0 Å². The summed E-state index contributed by atoms with van der Waals surface area (Å²) in [6.07, 6.45) is 0. The molecule has 2 nitrogen and oxygen atoms in total. The van der Waals surface area contributed by atoms with Crippen LogP contribution in [0, 0.1) is 13.8 Å². The molecule has 2 aromatic carbocycles. The minimum absolute atomic E-state index is 0.0428. The number of nitrogens with zero attached hydrogens (tertiary/aromatic N) is 1. The maximum Gasteiger partial charge on any atom is 0.263 e. The van der Waals surface area contributed by atoms with Crippen molar-refractivity contribution in [3.05, 3.63) is 76.2 Å². The molecule has 1 heterocycles. The molecule has 2 heteroatoms. The monoisotopic (exact) mass is 249 g/mol. The second-order valence-electron chi connectivity index (χ2n) is 4.85. The minimum Gasteiger partial charge on any atom is -0.281 e. The fourth-order valence-corrected chi connectivity index (χ4v) is 2.46. The fourth-order valence-electron chi connectivity index (χ4n) is 2.46. The van der Waals surface area contributed by atoms with Gasteiger partial charge >= 0.3 is 0 Å². The van der Waals surface area contributed by atoms with Gasteiger partial charge in [0.1, 0.15) is 0 Å². The third-order valence-corrected chi connectivity index (χ3v) is 3.37. The molecular formula is C17H15NO. The molecule has 94 valence electrons. The van der Waals surface area contributed by atoms with Crippen molar-refractivity contribution >= 4 is 10.8 Å². The Morgan fingerprint density at radius 3 is 2.37 bits per heavy atom. The number of hydrogen-bond donors (Lipinski definition) is 0. The summed E-state index contributed by atoms with van der Waals surface area (Å²) in [6, 6.07) is 17.8. The standard InChI is InChI=1S/C17H15NO/c1-12-8-9-16-14(10-12)11-13(2)18(17(16)19)15-6-4-3-5-7-15/h3-11H,1-2H3. The van der Waals surface area contributed by atoms with E-state index in [1.807, 2.05) is 56.3 Å². The van der Waals surface area contributed by atoms with Gasteiger partial charge in [0.05, 0.1) is 0 Å². The first-order valence-electron chi connectivity index (χ1n) is 6.35. The molecular weight excluding hydrogens is 234 g/mol. The number of rotatable bonds is 1. The normalized spacial score (nSPS) is 10.8. The van der Waals surface area contributed by atoms with Crippen molar-refractivity contribution in [1.29, 1.82) is 0 Å². The number of aryl methyl sites for hydroxylation is 2. The summed E-state index contributed by atoms with van der Waals surface area (Å²) in [5.41, 5.74) is 3.08. The fraction of sp³-hybridized carbons (Fsp3) is 0.118. The molecule has 1 aromatic heterocycles. The van der Waals surface area contributed by atoms with E-state index in [9.17, 15) is 4.79 Å². The van der Waals surface area contributed by atoms with Gasteiger partial charge in [0.25, 0.3) is 5.56 Å². The van der Waals surface area contributed by atoms with Crippen molar-refractivity contribution in [2.45, 2.75) is 13.8 Å². The summed E-state index contributed by atoms with van der Waals surface area (Å²) in [7, 11) is 0. The zero-order chi connectivity index (χ0) is 13.4. The molecule has 0 bridgehead atoms. The van der Waals surface area contributed by atoms with E-state index >= 15 is 0 Å². The van der Waals surface area contributed by atoms with Gasteiger partial charge in [-0.05, 0) is 43.5 Å². The molecule has 0 fully saturated rings. The number of para-hydroxylation sites is 1. The van der Waals surface area contributed by atoms with Crippen LogP contribution in [0.5, 0.6) is 0 Å². The van der Waals surface area contributed by atoms with Crippen molar-refractivity contribution in [1.82, 2.24) is 4.57 Å². The van der Waals surface area contributed by atoms with Gasteiger partial charge in [0, 0.05) is 16.8 Å². The predicted octanol–water partition coefficient (Wildman–Crippen LogP) is 3.61. The molecule has 0 unspecified atom stereocenters. The van der Waals surface area contributed by atoms with Crippen LogP contribution in [0.4, 0.5) is 0 Å². The van der Waals surface area contributed by atoms with Gasteiger partial charge in [-0.25, -0.2) is 0 Å². The molecule has 3 aromatic rings. The predicted molar refractivity (Wildman–Crippen MR) is 79.0 cm³/mol. The third kappa shape index (κ3) is 1.95. The number of pyridine rings is 1. The molecule has 0 aliphatic carbocycles. The Morgan fingerprint density at radius 2 is 1.63 bits per heavy atom. The first-order chi connectivity index (χ1) is 9.16. The lowest BCUT2D eigenvalue weighted by atomic mass is 10.1. The molecule has 0 amide bonds. The summed E-state index contributed by atoms with van der Waals surface area (Å²) in [4.78, 5) is 12.6. The Bertz CT molecular complexity index is 801.